The summed E-state index contributed by atoms with van der Waals surface area (Å²) in [6.07, 6.45) is 0. The van der Waals surface area contributed by atoms with E-state index in [1.54, 1.807) is 0 Å². The molecule has 0 aliphatic rings. The van der Waals surface area contributed by atoms with Gasteiger partial charge in [0.2, 0.25) is 5.71 Å². The maximum Gasteiger partial charge on any atom is 0.231 e. The maximum atomic E-state index is 6.31. The highest BCUT2D eigenvalue weighted by molar-refractivity contribution is 6.10. The lowest BCUT2D eigenvalue weighted by molar-refractivity contribution is 0.653. The van der Waals surface area contributed by atoms with Crippen LogP contribution in [0.25, 0.3) is 89.7 Å². The van der Waals surface area contributed by atoms with Crippen molar-refractivity contribution in [3.8, 4) is 45.7 Å². The minimum absolute atomic E-state index is 0.438. The van der Waals surface area contributed by atoms with E-state index >= 15 is 0 Å². The predicted molar refractivity (Wildman–Crippen MR) is 172 cm³/mol. The first kappa shape index (κ1) is 24.4. The molecular weight excluding hydrogens is 546 g/mol. The van der Waals surface area contributed by atoms with E-state index in [0.717, 1.165) is 49.4 Å². The second-order valence-electron chi connectivity index (χ2n) is 10.5. The lowest BCUT2D eigenvalue weighted by atomic mass is 10.1. The highest BCUT2D eigenvalue weighted by atomic mass is 16.3. The van der Waals surface area contributed by atoms with Gasteiger partial charge >= 0.3 is 0 Å². The second-order valence-corrected chi connectivity index (χ2v) is 10.5. The standard InChI is InChI=1S/C37H21N5O2/c1-3-11-22(12-4-1)33-39-34(23-13-5-2-6-14-23)41-36(40-33)32-31-26-16-8-10-18-29(26)44-37(31)42-35(38-32)24-19-20-30-27(21-24)25-15-7-9-17-28(25)43-30/h1-21H. The Morgan fingerprint density at radius 1 is 0.364 bits per heavy atom. The zero-order valence-electron chi connectivity index (χ0n) is 23.2. The van der Waals surface area contributed by atoms with Gasteiger partial charge in [0.1, 0.15) is 22.4 Å². The smallest absolute Gasteiger partial charge is 0.231 e. The Balaban J connectivity index is 1.33. The van der Waals surface area contributed by atoms with Crippen molar-refractivity contribution < 1.29 is 8.83 Å². The average molecular weight is 568 g/mol. The summed E-state index contributed by atoms with van der Waals surface area (Å²) in [5, 5.41) is 3.67. The minimum atomic E-state index is 0.438. The van der Waals surface area contributed by atoms with E-state index in [9.17, 15) is 0 Å². The number of aromatic nitrogens is 5. The molecule has 4 heterocycles. The zero-order valence-corrected chi connectivity index (χ0v) is 23.2. The maximum absolute atomic E-state index is 6.31. The van der Waals surface area contributed by atoms with Crippen LogP contribution in [-0.4, -0.2) is 24.9 Å². The summed E-state index contributed by atoms with van der Waals surface area (Å²) < 4.78 is 12.4. The monoisotopic (exact) mass is 567 g/mol. The molecule has 0 saturated heterocycles. The van der Waals surface area contributed by atoms with Gasteiger partial charge in [-0.3, -0.25) is 0 Å². The highest BCUT2D eigenvalue weighted by Crippen LogP contribution is 2.37. The number of para-hydroxylation sites is 2. The van der Waals surface area contributed by atoms with Crippen molar-refractivity contribution in [1.29, 1.82) is 0 Å². The van der Waals surface area contributed by atoms with Crippen molar-refractivity contribution in [3.05, 3.63) is 127 Å². The van der Waals surface area contributed by atoms with Gasteiger partial charge in [-0.05, 0) is 30.3 Å². The van der Waals surface area contributed by atoms with Crippen LogP contribution in [0.15, 0.2) is 136 Å². The molecule has 0 unspecified atom stereocenters. The Morgan fingerprint density at radius 2 is 0.909 bits per heavy atom. The molecule has 206 valence electrons. The van der Waals surface area contributed by atoms with E-state index < -0.39 is 0 Å². The first-order chi connectivity index (χ1) is 21.8. The van der Waals surface area contributed by atoms with Crippen molar-refractivity contribution >= 4 is 44.0 Å². The van der Waals surface area contributed by atoms with Crippen molar-refractivity contribution in [2.75, 3.05) is 0 Å². The molecule has 0 atom stereocenters. The summed E-state index contributed by atoms with van der Waals surface area (Å²) in [5.74, 6) is 2.05. The zero-order chi connectivity index (χ0) is 29.0. The van der Waals surface area contributed by atoms with E-state index in [-0.39, 0.29) is 0 Å². The van der Waals surface area contributed by atoms with E-state index in [4.69, 9.17) is 33.8 Å². The first-order valence-corrected chi connectivity index (χ1v) is 14.3. The molecule has 5 aromatic carbocycles. The molecule has 9 aromatic rings. The SMILES string of the molecule is c1ccc(-c2nc(-c3ccccc3)nc(-c3nc(-c4ccc5oc6ccccc6c5c4)nc4oc5ccccc5c34)n2)cc1. The topological polar surface area (TPSA) is 90.7 Å². The summed E-state index contributed by atoms with van der Waals surface area (Å²) in [7, 11) is 0. The third-order valence-corrected chi connectivity index (χ3v) is 7.78. The molecule has 0 N–H and O–H groups in total. The van der Waals surface area contributed by atoms with Gasteiger partial charge in [-0.2, -0.15) is 4.98 Å². The third-order valence-electron chi connectivity index (χ3n) is 7.78. The summed E-state index contributed by atoms with van der Waals surface area (Å²) in [6, 6.07) is 41.7. The van der Waals surface area contributed by atoms with Gasteiger partial charge in [-0.1, -0.05) is 97.1 Å². The summed E-state index contributed by atoms with van der Waals surface area (Å²) in [5.41, 5.74) is 5.98. The molecule has 0 radical (unpaired) electrons. The second kappa shape index (κ2) is 9.68. The normalized spacial score (nSPS) is 11.6. The molecule has 7 heteroatoms. The number of hydrogen-bond donors (Lipinski definition) is 0. The van der Waals surface area contributed by atoms with Gasteiger partial charge in [0.05, 0.1) is 5.39 Å². The largest absolute Gasteiger partial charge is 0.456 e. The van der Waals surface area contributed by atoms with Crippen LogP contribution >= 0.6 is 0 Å². The number of furan rings is 2. The van der Waals surface area contributed by atoms with Crippen LogP contribution in [0.2, 0.25) is 0 Å². The lowest BCUT2D eigenvalue weighted by Gasteiger charge is -2.10. The quantitative estimate of drug-likeness (QED) is 0.209. The number of benzene rings is 5. The number of nitrogens with zero attached hydrogens (tertiary/aromatic N) is 5. The van der Waals surface area contributed by atoms with Crippen molar-refractivity contribution in [3.63, 3.8) is 0 Å². The minimum Gasteiger partial charge on any atom is -0.456 e. The van der Waals surface area contributed by atoms with Crippen molar-refractivity contribution in [1.82, 2.24) is 24.9 Å². The highest BCUT2D eigenvalue weighted by Gasteiger charge is 2.22. The van der Waals surface area contributed by atoms with E-state index in [2.05, 4.69) is 12.1 Å². The summed E-state index contributed by atoms with van der Waals surface area (Å²) in [6.45, 7) is 0. The molecule has 0 spiro atoms. The van der Waals surface area contributed by atoms with Crippen molar-refractivity contribution in [2.24, 2.45) is 0 Å². The van der Waals surface area contributed by atoms with E-state index in [1.165, 1.54) is 0 Å². The molecule has 0 amide bonds. The predicted octanol–water partition coefficient (Wildman–Crippen LogP) is 9.13. The average Bonchev–Trinajstić information content (AvgIpc) is 3.66. The lowest BCUT2D eigenvalue weighted by Crippen LogP contribution is -2.03. The van der Waals surface area contributed by atoms with E-state index in [1.807, 2.05) is 115 Å². The van der Waals surface area contributed by atoms with Crippen LogP contribution in [0.3, 0.4) is 0 Å². The Hall–Kier alpha value is -6.21. The molecule has 0 fully saturated rings. The fourth-order valence-electron chi connectivity index (χ4n) is 5.69. The van der Waals surface area contributed by atoms with Gasteiger partial charge < -0.3 is 8.83 Å². The van der Waals surface area contributed by atoms with Crippen LogP contribution in [0.4, 0.5) is 0 Å². The molecule has 0 aliphatic carbocycles. The van der Waals surface area contributed by atoms with Crippen LogP contribution < -0.4 is 0 Å². The molecule has 0 saturated carbocycles. The van der Waals surface area contributed by atoms with Gasteiger partial charge in [0, 0.05) is 32.8 Å². The molecular formula is C37H21N5O2. The number of fused-ring (bicyclic) bond motifs is 6. The fraction of sp³-hybridized carbons (Fsp3) is 0. The Kier molecular flexibility index (Phi) is 5.36. The van der Waals surface area contributed by atoms with Crippen LogP contribution in [0, 0.1) is 0 Å². The van der Waals surface area contributed by atoms with Crippen LogP contribution in [0.5, 0.6) is 0 Å². The molecule has 4 aromatic heterocycles. The molecule has 0 bridgehead atoms. The summed E-state index contributed by atoms with van der Waals surface area (Å²) >= 11 is 0. The Morgan fingerprint density at radius 3 is 1.61 bits per heavy atom. The van der Waals surface area contributed by atoms with Gasteiger partial charge in [-0.15, -0.1) is 0 Å². The molecule has 7 nitrogen and oxygen atoms in total. The Labute approximate surface area is 250 Å². The molecule has 0 aliphatic heterocycles. The molecule has 9 rings (SSSR count). The first-order valence-electron chi connectivity index (χ1n) is 14.3. The van der Waals surface area contributed by atoms with Crippen LogP contribution in [0.1, 0.15) is 0 Å². The number of hydrogen-bond acceptors (Lipinski definition) is 7. The van der Waals surface area contributed by atoms with Gasteiger partial charge in [0.15, 0.2) is 23.3 Å². The van der Waals surface area contributed by atoms with Crippen LogP contribution in [-0.2, 0) is 0 Å². The molecule has 44 heavy (non-hydrogen) atoms. The Bertz CT molecular complexity index is 2440. The van der Waals surface area contributed by atoms with E-state index in [0.29, 0.717) is 40.3 Å². The van der Waals surface area contributed by atoms with Gasteiger partial charge in [0.25, 0.3) is 0 Å². The fourth-order valence-corrected chi connectivity index (χ4v) is 5.69. The van der Waals surface area contributed by atoms with Crippen molar-refractivity contribution in [2.45, 2.75) is 0 Å². The third kappa shape index (κ3) is 3.94. The van der Waals surface area contributed by atoms with Gasteiger partial charge in [-0.25, -0.2) is 19.9 Å². The summed E-state index contributed by atoms with van der Waals surface area (Å²) in [4.78, 5) is 24.9. The number of rotatable bonds is 4.